The number of likely N-dealkylation sites (N-methyl/N-ethyl adjacent to an activating group) is 1. The van der Waals surface area contributed by atoms with E-state index in [0.717, 1.165) is 11.1 Å². The van der Waals surface area contributed by atoms with Crippen molar-refractivity contribution in [2.75, 3.05) is 40.8 Å². The van der Waals surface area contributed by atoms with Crippen LogP contribution in [0, 0.1) is 0 Å². The van der Waals surface area contributed by atoms with Crippen molar-refractivity contribution in [3.63, 3.8) is 0 Å². The number of carbonyl (C=O) groups excluding carboxylic acids is 2. The standard InChI is InChI=1S/C15H22N4O3/c1-17(2)15(22)19-5-4-12-11(10-19)8-16-9-13(12)14(21)18(3)6-7-20/h8-9,20H,4-7,10H2,1-3H3. The van der Waals surface area contributed by atoms with Gasteiger partial charge in [-0.05, 0) is 17.5 Å². The summed E-state index contributed by atoms with van der Waals surface area (Å²) < 4.78 is 0. The lowest BCUT2D eigenvalue weighted by Gasteiger charge is -2.32. The first-order valence-electron chi connectivity index (χ1n) is 7.24. The highest BCUT2D eigenvalue weighted by molar-refractivity contribution is 5.95. The molecule has 0 atom stereocenters. The van der Waals surface area contributed by atoms with Gasteiger partial charge in [-0.1, -0.05) is 0 Å². The van der Waals surface area contributed by atoms with Gasteiger partial charge < -0.3 is 19.8 Å². The first-order chi connectivity index (χ1) is 10.5. The number of aliphatic hydroxyl groups is 1. The Morgan fingerprint density at radius 3 is 2.68 bits per heavy atom. The van der Waals surface area contributed by atoms with E-state index in [0.29, 0.717) is 25.1 Å². The number of pyridine rings is 1. The molecular weight excluding hydrogens is 284 g/mol. The van der Waals surface area contributed by atoms with Crippen LogP contribution < -0.4 is 0 Å². The summed E-state index contributed by atoms with van der Waals surface area (Å²) in [5.74, 6) is -0.147. The van der Waals surface area contributed by atoms with E-state index in [9.17, 15) is 9.59 Å². The Labute approximate surface area is 130 Å². The predicted octanol–water partition coefficient (Wildman–Crippen LogP) is 0.186. The molecule has 1 aromatic rings. The lowest BCUT2D eigenvalue weighted by molar-refractivity contribution is 0.0764. The number of hydrogen-bond donors (Lipinski definition) is 1. The molecule has 0 unspecified atom stereocenters. The van der Waals surface area contributed by atoms with Gasteiger partial charge in [0.2, 0.25) is 0 Å². The zero-order valence-electron chi connectivity index (χ0n) is 13.2. The molecule has 0 fully saturated rings. The molecule has 1 aliphatic heterocycles. The number of fused-ring (bicyclic) bond motifs is 1. The second kappa shape index (κ2) is 6.74. The third-order valence-electron chi connectivity index (χ3n) is 3.81. The first kappa shape index (κ1) is 16.2. The zero-order chi connectivity index (χ0) is 16.3. The van der Waals surface area contributed by atoms with Crippen molar-refractivity contribution in [1.82, 2.24) is 19.7 Å². The largest absolute Gasteiger partial charge is 0.395 e. The van der Waals surface area contributed by atoms with Crippen molar-refractivity contribution in [3.05, 3.63) is 29.1 Å². The Bertz CT molecular complexity index is 574. The first-order valence-corrected chi connectivity index (χ1v) is 7.24. The van der Waals surface area contributed by atoms with E-state index in [1.807, 2.05) is 0 Å². The highest BCUT2D eigenvalue weighted by atomic mass is 16.3. The van der Waals surface area contributed by atoms with Crippen LogP contribution in [0.15, 0.2) is 12.4 Å². The number of nitrogens with zero attached hydrogens (tertiary/aromatic N) is 4. The van der Waals surface area contributed by atoms with Crippen LogP contribution in [0.2, 0.25) is 0 Å². The van der Waals surface area contributed by atoms with Gasteiger partial charge in [-0.3, -0.25) is 9.78 Å². The fraction of sp³-hybridized carbons (Fsp3) is 0.533. The Kier molecular flexibility index (Phi) is 4.97. The number of carbonyl (C=O) groups is 2. The molecule has 7 heteroatoms. The second-order valence-corrected chi connectivity index (χ2v) is 5.62. The van der Waals surface area contributed by atoms with Gasteiger partial charge in [0, 0.05) is 53.2 Å². The van der Waals surface area contributed by atoms with Gasteiger partial charge in [-0.2, -0.15) is 0 Å². The van der Waals surface area contributed by atoms with Crippen molar-refractivity contribution in [1.29, 1.82) is 0 Å². The van der Waals surface area contributed by atoms with E-state index in [1.165, 1.54) is 4.90 Å². The maximum Gasteiger partial charge on any atom is 0.319 e. The molecule has 1 aromatic heterocycles. The van der Waals surface area contributed by atoms with Crippen LogP contribution in [-0.4, -0.2) is 77.6 Å². The average Bonchev–Trinajstić information content (AvgIpc) is 2.52. The molecule has 0 saturated carbocycles. The molecule has 0 spiro atoms. The van der Waals surface area contributed by atoms with Crippen LogP contribution in [0.25, 0.3) is 0 Å². The number of aromatic nitrogens is 1. The third-order valence-corrected chi connectivity index (χ3v) is 3.81. The van der Waals surface area contributed by atoms with E-state index < -0.39 is 0 Å². The topological polar surface area (TPSA) is 77.0 Å². The highest BCUT2D eigenvalue weighted by Gasteiger charge is 2.26. The van der Waals surface area contributed by atoms with Gasteiger partial charge in [0.25, 0.3) is 5.91 Å². The van der Waals surface area contributed by atoms with Crippen molar-refractivity contribution in [3.8, 4) is 0 Å². The van der Waals surface area contributed by atoms with Gasteiger partial charge in [0.15, 0.2) is 0 Å². The van der Waals surface area contributed by atoms with Crippen LogP contribution >= 0.6 is 0 Å². The predicted molar refractivity (Wildman–Crippen MR) is 81.5 cm³/mol. The summed E-state index contributed by atoms with van der Waals surface area (Å²) in [6, 6.07) is -0.0419. The molecule has 0 radical (unpaired) electrons. The van der Waals surface area contributed by atoms with Crippen molar-refractivity contribution < 1.29 is 14.7 Å². The van der Waals surface area contributed by atoms with E-state index in [4.69, 9.17) is 5.11 Å². The molecule has 120 valence electrons. The Hall–Kier alpha value is -2.15. The number of aliphatic hydroxyl groups excluding tert-OH is 1. The van der Waals surface area contributed by atoms with E-state index in [-0.39, 0.29) is 25.1 Å². The minimum Gasteiger partial charge on any atom is -0.395 e. The van der Waals surface area contributed by atoms with Gasteiger partial charge in [0.1, 0.15) is 0 Å². The summed E-state index contributed by atoms with van der Waals surface area (Å²) in [7, 11) is 5.10. The number of hydrogen-bond acceptors (Lipinski definition) is 4. The van der Waals surface area contributed by atoms with Crippen molar-refractivity contribution in [2.24, 2.45) is 0 Å². The fourth-order valence-corrected chi connectivity index (χ4v) is 2.58. The number of amides is 3. The number of rotatable bonds is 3. The molecule has 0 saturated heterocycles. The van der Waals surface area contributed by atoms with Gasteiger partial charge in [-0.25, -0.2) is 4.79 Å². The van der Waals surface area contributed by atoms with Gasteiger partial charge in [0.05, 0.1) is 12.2 Å². The molecule has 2 heterocycles. The van der Waals surface area contributed by atoms with E-state index in [1.54, 1.807) is 43.3 Å². The lowest BCUT2D eigenvalue weighted by Crippen LogP contribution is -2.42. The monoisotopic (exact) mass is 306 g/mol. The van der Waals surface area contributed by atoms with Crippen LogP contribution in [0.4, 0.5) is 4.79 Å². The molecule has 0 aliphatic carbocycles. The van der Waals surface area contributed by atoms with Gasteiger partial charge in [-0.15, -0.1) is 0 Å². The Balaban J connectivity index is 2.24. The normalized spacial score (nSPS) is 13.5. The third kappa shape index (κ3) is 3.19. The smallest absolute Gasteiger partial charge is 0.319 e. The molecule has 0 aromatic carbocycles. The number of urea groups is 1. The summed E-state index contributed by atoms with van der Waals surface area (Å²) in [6.45, 7) is 1.26. The molecule has 3 amide bonds. The Morgan fingerprint density at radius 1 is 1.32 bits per heavy atom. The molecule has 1 N–H and O–H groups in total. The van der Waals surface area contributed by atoms with E-state index in [2.05, 4.69) is 4.98 Å². The molecule has 0 bridgehead atoms. The lowest BCUT2D eigenvalue weighted by atomic mass is 9.96. The molecule has 22 heavy (non-hydrogen) atoms. The highest BCUT2D eigenvalue weighted by Crippen LogP contribution is 2.23. The summed E-state index contributed by atoms with van der Waals surface area (Å²) in [4.78, 5) is 33.4. The SMILES string of the molecule is CN(C)C(=O)N1CCc2c(cncc2C(=O)N(C)CCO)C1. The molecule has 1 aliphatic rings. The zero-order valence-corrected chi connectivity index (χ0v) is 13.2. The average molecular weight is 306 g/mol. The van der Waals surface area contributed by atoms with Crippen molar-refractivity contribution in [2.45, 2.75) is 13.0 Å². The van der Waals surface area contributed by atoms with Crippen LogP contribution in [-0.2, 0) is 13.0 Å². The fourth-order valence-electron chi connectivity index (χ4n) is 2.58. The van der Waals surface area contributed by atoms with Crippen LogP contribution in [0.1, 0.15) is 21.5 Å². The Morgan fingerprint density at radius 2 is 2.05 bits per heavy atom. The van der Waals surface area contributed by atoms with Crippen LogP contribution in [0.5, 0.6) is 0 Å². The molecule has 2 rings (SSSR count). The maximum atomic E-state index is 12.4. The van der Waals surface area contributed by atoms with Crippen LogP contribution in [0.3, 0.4) is 0 Å². The molecule has 7 nitrogen and oxygen atoms in total. The maximum absolute atomic E-state index is 12.4. The summed E-state index contributed by atoms with van der Waals surface area (Å²) in [5, 5.41) is 8.96. The summed E-state index contributed by atoms with van der Waals surface area (Å²) in [6.07, 6.45) is 3.91. The quantitative estimate of drug-likeness (QED) is 0.864. The molecular formula is C15H22N4O3. The second-order valence-electron chi connectivity index (χ2n) is 5.62. The van der Waals surface area contributed by atoms with Gasteiger partial charge >= 0.3 is 6.03 Å². The summed E-state index contributed by atoms with van der Waals surface area (Å²) in [5.41, 5.74) is 2.42. The van der Waals surface area contributed by atoms with E-state index >= 15 is 0 Å². The summed E-state index contributed by atoms with van der Waals surface area (Å²) >= 11 is 0. The minimum atomic E-state index is -0.147. The minimum absolute atomic E-state index is 0.0419. The van der Waals surface area contributed by atoms with Crippen molar-refractivity contribution >= 4 is 11.9 Å².